The molecule has 0 aromatic carbocycles. The highest BCUT2D eigenvalue weighted by Gasteiger charge is 2.51. The summed E-state index contributed by atoms with van der Waals surface area (Å²) in [6.45, 7) is 0. The minimum Gasteiger partial charge on any atom is -0.427 e. The first-order valence-electron chi connectivity index (χ1n) is 8.06. The van der Waals surface area contributed by atoms with Crippen LogP contribution in [0.2, 0.25) is 0 Å². The molecule has 3 fully saturated rings. The van der Waals surface area contributed by atoms with Crippen molar-refractivity contribution in [2.75, 3.05) is 0 Å². The smallest absolute Gasteiger partial charge is 0.184 e. The average Bonchev–Trinajstić information content (AvgIpc) is 2.42. The fourth-order valence-electron chi connectivity index (χ4n) is 4.39. The van der Waals surface area contributed by atoms with Gasteiger partial charge in [0, 0.05) is 18.8 Å². The van der Waals surface area contributed by atoms with Gasteiger partial charge < -0.3 is 30.3 Å². The Kier molecular flexibility index (Phi) is 4.55. The summed E-state index contributed by atoms with van der Waals surface area (Å²) < 4.78 is 4.71. The molecule has 6 nitrogen and oxygen atoms in total. The Hall–Kier alpha value is -0.240. The Morgan fingerprint density at radius 3 is 2.14 bits per heavy atom. The van der Waals surface area contributed by atoms with Crippen molar-refractivity contribution in [3.8, 4) is 0 Å². The van der Waals surface area contributed by atoms with Crippen molar-refractivity contribution in [1.29, 1.82) is 0 Å². The summed E-state index contributed by atoms with van der Waals surface area (Å²) in [4.78, 5) is 0. The Balaban J connectivity index is 1.67. The number of hydrogen-bond acceptors (Lipinski definition) is 5. The third-order valence-electron chi connectivity index (χ3n) is 5.59. The highest BCUT2D eigenvalue weighted by molar-refractivity contribution is 4.96. The highest BCUT2D eigenvalue weighted by Crippen LogP contribution is 2.39. The summed E-state index contributed by atoms with van der Waals surface area (Å²) in [7, 11) is 0. The van der Waals surface area contributed by atoms with Crippen LogP contribution in [0.5, 0.6) is 0 Å². The van der Waals surface area contributed by atoms with Gasteiger partial charge in [-0.25, -0.2) is 0 Å². The van der Waals surface area contributed by atoms with Crippen molar-refractivity contribution in [3.63, 3.8) is 0 Å². The van der Waals surface area contributed by atoms with Crippen LogP contribution in [0.25, 0.3) is 0 Å². The molecule has 0 radical (unpaired) electrons. The van der Waals surface area contributed by atoms with Crippen molar-refractivity contribution in [1.82, 2.24) is 0 Å². The van der Waals surface area contributed by atoms with Gasteiger partial charge in [-0.15, -0.1) is 0 Å². The molecule has 9 unspecified atom stereocenters. The second-order valence-corrected chi connectivity index (χ2v) is 7.07. The van der Waals surface area contributed by atoms with E-state index in [0.717, 1.165) is 6.42 Å². The quantitative estimate of drug-likeness (QED) is 0.385. The molecule has 0 spiro atoms. The van der Waals surface area contributed by atoms with E-state index in [1.54, 1.807) is 0 Å². The number of aliphatic hydroxyl groups is 7. The van der Waals surface area contributed by atoms with E-state index in [0.29, 0.717) is 32.1 Å². The molecule has 0 amide bonds. The molecule has 21 heavy (non-hydrogen) atoms. The molecule has 9 atom stereocenters. The fraction of sp³-hybridized carbons (Fsp3) is 1.00. The van der Waals surface area contributed by atoms with E-state index in [2.05, 4.69) is 0 Å². The van der Waals surface area contributed by atoms with Crippen LogP contribution in [0, 0.1) is 11.8 Å². The van der Waals surface area contributed by atoms with E-state index in [1.165, 1.54) is 0 Å². The molecule has 2 saturated carbocycles. The first-order valence-corrected chi connectivity index (χ1v) is 8.06. The minimum atomic E-state index is -0.744. The molecule has 1 saturated heterocycles. The molecule has 0 aromatic rings. The van der Waals surface area contributed by atoms with E-state index in [-0.39, 0.29) is 24.0 Å². The second-order valence-electron chi connectivity index (χ2n) is 7.07. The van der Waals surface area contributed by atoms with E-state index < -0.39 is 30.5 Å². The predicted molar refractivity (Wildman–Crippen MR) is 74.5 cm³/mol. The zero-order valence-electron chi connectivity index (χ0n) is 12.1. The molecule has 122 valence electrons. The fourth-order valence-corrected chi connectivity index (χ4v) is 4.39. The van der Waals surface area contributed by atoms with Crippen molar-refractivity contribution < 1.29 is 30.3 Å². The van der Waals surface area contributed by atoms with Crippen LogP contribution < -0.4 is 0 Å². The Morgan fingerprint density at radius 1 is 0.667 bits per heavy atom. The van der Waals surface area contributed by atoms with Crippen LogP contribution in [0.4, 0.5) is 0 Å². The van der Waals surface area contributed by atoms with E-state index in [4.69, 9.17) is 4.74 Å². The molecule has 1 heterocycles. The summed E-state index contributed by atoms with van der Waals surface area (Å²) in [5.74, 6) is -0.00526. The lowest BCUT2D eigenvalue weighted by molar-refractivity contribution is -0.297. The van der Waals surface area contributed by atoms with Crippen molar-refractivity contribution in [3.05, 3.63) is 0 Å². The molecular weight excluding hydrogens is 276 g/mol. The first-order chi connectivity index (χ1) is 9.95. The zero-order chi connectivity index (χ0) is 15.1. The summed E-state index contributed by atoms with van der Waals surface area (Å²) in [5.41, 5.74) is 0. The van der Waals surface area contributed by atoms with Crippen LogP contribution in [-0.4, -0.2) is 73.0 Å². The van der Waals surface area contributed by atoms with E-state index in [9.17, 15) is 25.5 Å². The van der Waals surface area contributed by atoms with Crippen LogP contribution in [0.3, 0.4) is 0 Å². The summed E-state index contributed by atoms with van der Waals surface area (Å²) in [5, 5.41) is 49.7. The van der Waals surface area contributed by atoms with Crippen LogP contribution >= 0.6 is 0 Å². The monoisotopic (exact) mass is 303 g/mol. The van der Waals surface area contributed by atoms with E-state index in [1.807, 2.05) is 0 Å². The van der Waals surface area contributed by atoms with Crippen LogP contribution in [0.1, 0.15) is 38.5 Å². The number of fused-ring (bicyclic) bond motifs is 1. The molecule has 6 N–H and O–H groups in total. The third kappa shape index (κ3) is 3.11. The molecule has 2 aliphatic carbocycles. The summed E-state index contributed by atoms with van der Waals surface area (Å²) in [6, 6.07) is 0. The van der Waals surface area contributed by atoms with Crippen molar-refractivity contribution in [2.45, 2.75) is 81.3 Å². The molecule has 0 bridgehead atoms. The lowest BCUT2D eigenvalue weighted by atomic mass is 9.72. The number of aliphatic hydroxyl groups excluding tert-OH is 5. The van der Waals surface area contributed by atoms with Gasteiger partial charge in [0.2, 0.25) is 0 Å². The Bertz CT molecular complexity index is 364. The SMILES string of the molecule is OC1CC(O)C2CC(O)C(C3CCC(O)C(O)C3)[OH+]C2C1. The maximum absolute atomic E-state index is 10.4. The topological polar surface area (TPSA) is 114 Å². The Labute approximate surface area is 124 Å². The third-order valence-corrected chi connectivity index (χ3v) is 5.59. The zero-order valence-corrected chi connectivity index (χ0v) is 12.1. The lowest BCUT2D eigenvalue weighted by Crippen LogP contribution is -2.57. The highest BCUT2D eigenvalue weighted by atomic mass is 16.5. The van der Waals surface area contributed by atoms with Gasteiger partial charge in [-0.05, 0) is 25.7 Å². The second kappa shape index (κ2) is 6.10. The normalized spacial score (nSPS) is 55.0. The standard InChI is InChI=1S/C15H26O6/c16-8-4-11(18)9-6-13(20)15(21-14(9)5-8)7-1-2-10(17)12(19)3-7/h7-20H,1-6H2/p+1. The van der Waals surface area contributed by atoms with Gasteiger partial charge in [0.1, 0.15) is 6.10 Å². The maximum atomic E-state index is 10.4. The van der Waals surface area contributed by atoms with E-state index >= 15 is 0 Å². The van der Waals surface area contributed by atoms with Gasteiger partial charge >= 0.3 is 0 Å². The van der Waals surface area contributed by atoms with Gasteiger partial charge in [0.15, 0.2) is 12.2 Å². The van der Waals surface area contributed by atoms with Crippen LogP contribution in [0.15, 0.2) is 0 Å². The van der Waals surface area contributed by atoms with Gasteiger partial charge in [0.25, 0.3) is 0 Å². The lowest BCUT2D eigenvalue weighted by Gasteiger charge is -2.45. The van der Waals surface area contributed by atoms with Gasteiger partial charge in [-0.1, -0.05) is 0 Å². The minimum absolute atomic E-state index is 0.0653. The molecule has 3 aliphatic rings. The van der Waals surface area contributed by atoms with Crippen molar-refractivity contribution >= 4 is 0 Å². The molecule has 0 aromatic heterocycles. The first kappa shape index (κ1) is 15.6. The number of ether oxygens (including phenoxy) is 1. The molecule has 3 rings (SSSR count). The molecule has 1 aliphatic heterocycles. The van der Waals surface area contributed by atoms with Crippen molar-refractivity contribution in [2.24, 2.45) is 11.8 Å². The summed E-state index contributed by atoms with van der Waals surface area (Å²) in [6.07, 6.45) is -0.385. The number of rotatable bonds is 1. The van der Waals surface area contributed by atoms with Gasteiger partial charge in [0.05, 0.1) is 30.3 Å². The molecule has 6 heteroatoms. The molecular formula is C15H27O6+. The number of hydrogen-bond donors (Lipinski definition) is 5. The van der Waals surface area contributed by atoms with Gasteiger partial charge in [-0.2, -0.15) is 0 Å². The predicted octanol–water partition coefficient (Wildman–Crippen LogP) is -1.33. The largest absolute Gasteiger partial charge is 0.427 e. The van der Waals surface area contributed by atoms with Crippen LogP contribution in [-0.2, 0) is 0 Å². The summed E-state index contributed by atoms with van der Waals surface area (Å²) >= 11 is 0. The average molecular weight is 303 g/mol. The Morgan fingerprint density at radius 2 is 1.43 bits per heavy atom. The maximum Gasteiger partial charge on any atom is 0.184 e. The van der Waals surface area contributed by atoms with Gasteiger partial charge in [-0.3, -0.25) is 0 Å².